The van der Waals surface area contributed by atoms with E-state index in [0.29, 0.717) is 0 Å². The lowest BCUT2D eigenvalue weighted by molar-refractivity contribution is -0.138. The Morgan fingerprint density at radius 1 is 1.14 bits per heavy atom. The van der Waals surface area contributed by atoms with Crippen molar-refractivity contribution in [2.75, 3.05) is 13.1 Å². The summed E-state index contributed by atoms with van der Waals surface area (Å²) in [6.45, 7) is 2.31. The smallest absolute Gasteiger partial charge is 0.332 e. The number of Topliss-reactive ketones (excluding diaryl/α,β-unsaturated/α-hetero) is 2. The number of hydrogen-bond donors (Lipinski definition) is 3. The van der Waals surface area contributed by atoms with Crippen LogP contribution in [-0.4, -0.2) is 35.7 Å². The van der Waals surface area contributed by atoms with Crippen LogP contribution in [-0.2, 0) is 14.4 Å². The quantitative estimate of drug-likeness (QED) is 0.347. The molecule has 0 radical (unpaired) electrons. The van der Waals surface area contributed by atoms with Crippen molar-refractivity contribution in [3.05, 3.63) is 12.2 Å². The molecule has 0 atom stereocenters. The number of rotatable bonds is 6. The first kappa shape index (κ1) is 12.5. The topological polar surface area (TPSA) is 123 Å². The Morgan fingerprint density at radius 2 is 1.50 bits per heavy atom. The molecule has 0 saturated heterocycles. The molecule has 0 aromatic carbocycles. The Labute approximate surface area is 80.6 Å². The van der Waals surface area contributed by atoms with Gasteiger partial charge in [-0.3, -0.25) is 9.59 Å². The maximum absolute atomic E-state index is 11.1. The Balaban J connectivity index is 4.91. The lowest BCUT2D eigenvalue weighted by atomic mass is 9.91. The van der Waals surface area contributed by atoms with Crippen LogP contribution in [0.1, 0.15) is 0 Å². The van der Waals surface area contributed by atoms with E-state index in [9.17, 15) is 14.4 Å². The SMILES string of the molecule is C=C(C(=O)O)C(C(=O)CN)C(=O)CN. The van der Waals surface area contributed by atoms with Crippen LogP contribution in [0.2, 0.25) is 0 Å². The summed E-state index contributed by atoms with van der Waals surface area (Å²) in [5.41, 5.74) is 9.56. The molecule has 0 rings (SSSR count). The van der Waals surface area contributed by atoms with Crippen molar-refractivity contribution in [3.8, 4) is 0 Å². The summed E-state index contributed by atoms with van der Waals surface area (Å²) in [6.07, 6.45) is 0. The van der Waals surface area contributed by atoms with Crippen molar-refractivity contribution in [1.82, 2.24) is 0 Å². The van der Waals surface area contributed by atoms with E-state index in [1.165, 1.54) is 0 Å². The number of nitrogens with two attached hydrogens (primary N) is 2. The summed E-state index contributed by atoms with van der Waals surface area (Å²) in [6, 6.07) is 0. The van der Waals surface area contributed by atoms with E-state index < -0.39 is 42.1 Å². The summed E-state index contributed by atoms with van der Waals surface area (Å²) in [5.74, 6) is -4.19. The van der Waals surface area contributed by atoms with E-state index in [2.05, 4.69) is 6.58 Å². The number of ketones is 2. The van der Waals surface area contributed by atoms with Gasteiger partial charge in [0.2, 0.25) is 0 Å². The number of carbonyl (C=O) groups is 3. The predicted molar refractivity (Wildman–Crippen MR) is 48.4 cm³/mol. The van der Waals surface area contributed by atoms with Crippen LogP contribution in [0.3, 0.4) is 0 Å². The molecule has 0 aromatic rings. The van der Waals surface area contributed by atoms with Crippen LogP contribution in [0.15, 0.2) is 12.2 Å². The molecule has 0 spiro atoms. The van der Waals surface area contributed by atoms with Crippen LogP contribution < -0.4 is 11.5 Å². The molecule has 0 fully saturated rings. The lowest BCUT2D eigenvalue weighted by Gasteiger charge is -2.12. The van der Waals surface area contributed by atoms with E-state index in [1.54, 1.807) is 0 Å². The minimum absolute atomic E-state index is 0.414. The third kappa shape index (κ3) is 2.75. The number of carbonyl (C=O) groups excluding carboxylic acids is 2. The van der Waals surface area contributed by atoms with Crippen LogP contribution in [0, 0.1) is 5.92 Å². The molecule has 0 bridgehead atoms. The largest absolute Gasteiger partial charge is 0.478 e. The molecule has 0 aromatic heterocycles. The number of hydrogen-bond acceptors (Lipinski definition) is 5. The van der Waals surface area contributed by atoms with Gasteiger partial charge in [0.05, 0.1) is 13.1 Å². The standard InChI is InChI=1S/C8H12N2O4/c1-4(8(13)14)7(5(11)2-9)6(12)3-10/h7H,1-3,9-10H2,(H,13,14). The first-order valence-electron chi connectivity index (χ1n) is 3.83. The van der Waals surface area contributed by atoms with Gasteiger partial charge < -0.3 is 16.6 Å². The van der Waals surface area contributed by atoms with Gasteiger partial charge in [0.15, 0.2) is 11.6 Å². The van der Waals surface area contributed by atoms with Crippen LogP contribution >= 0.6 is 0 Å². The molecule has 6 nitrogen and oxygen atoms in total. The van der Waals surface area contributed by atoms with Gasteiger partial charge in [0, 0.05) is 5.57 Å². The summed E-state index contributed by atoms with van der Waals surface area (Å²) in [7, 11) is 0. The molecule has 0 unspecified atom stereocenters. The van der Waals surface area contributed by atoms with Gasteiger partial charge in [-0.25, -0.2) is 4.79 Å². The molecule has 0 aliphatic rings. The number of aliphatic carboxylic acids is 1. The Morgan fingerprint density at radius 3 is 1.71 bits per heavy atom. The normalized spacial score (nSPS) is 9.93. The molecule has 0 amide bonds. The second kappa shape index (κ2) is 5.25. The lowest BCUT2D eigenvalue weighted by Crippen LogP contribution is -2.36. The first-order chi connectivity index (χ1) is 6.45. The van der Waals surface area contributed by atoms with Crippen molar-refractivity contribution < 1.29 is 19.5 Å². The summed E-state index contributed by atoms with van der Waals surface area (Å²) < 4.78 is 0. The Bertz CT molecular complexity index is 269. The third-order valence-electron chi connectivity index (χ3n) is 1.67. The van der Waals surface area contributed by atoms with Gasteiger partial charge in [-0.1, -0.05) is 6.58 Å². The zero-order valence-corrected chi connectivity index (χ0v) is 7.53. The Kier molecular flexibility index (Phi) is 4.68. The monoisotopic (exact) mass is 200 g/mol. The highest BCUT2D eigenvalue weighted by atomic mass is 16.4. The molecule has 0 saturated carbocycles. The number of carboxylic acid groups (broad SMARTS) is 1. The van der Waals surface area contributed by atoms with Gasteiger partial charge in [-0.15, -0.1) is 0 Å². The molecule has 6 heteroatoms. The average molecular weight is 200 g/mol. The summed E-state index contributed by atoms with van der Waals surface area (Å²) in [5, 5.41) is 8.56. The van der Waals surface area contributed by atoms with Gasteiger partial charge in [-0.05, 0) is 0 Å². The highest BCUT2D eigenvalue weighted by Crippen LogP contribution is 2.11. The molecule has 78 valence electrons. The fourth-order valence-electron chi connectivity index (χ4n) is 0.927. The molecular weight excluding hydrogens is 188 g/mol. The van der Waals surface area contributed by atoms with Gasteiger partial charge >= 0.3 is 5.97 Å². The number of carboxylic acids is 1. The second-order valence-electron chi connectivity index (χ2n) is 2.60. The van der Waals surface area contributed by atoms with E-state index in [0.717, 1.165) is 0 Å². The molecule has 14 heavy (non-hydrogen) atoms. The highest BCUT2D eigenvalue weighted by Gasteiger charge is 2.30. The predicted octanol–water partition coefficient (Wildman–Crippen LogP) is -1.70. The molecule has 5 N–H and O–H groups in total. The third-order valence-corrected chi connectivity index (χ3v) is 1.67. The van der Waals surface area contributed by atoms with Crippen molar-refractivity contribution in [3.63, 3.8) is 0 Å². The van der Waals surface area contributed by atoms with Crippen molar-refractivity contribution in [1.29, 1.82) is 0 Å². The molecule has 0 aliphatic carbocycles. The molecular formula is C8H12N2O4. The van der Waals surface area contributed by atoms with Crippen LogP contribution in [0.25, 0.3) is 0 Å². The van der Waals surface area contributed by atoms with E-state index in [1.807, 2.05) is 0 Å². The van der Waals surface area contributed by atoms with Gasteiger partial charge in [0.1, 0.15) is 5.92 Å². The Hall–Kier alpha value is -1.53. The fourth-order valence-corrected chi connectivity index (χ4v) is 0.927. The minimum Gasteiger partial charge on any atom is -0.478 e. The van der Waals surface area contributed by atoms with E-state index in [4.69, 9.17) is 16.6 Å². The molecule has 0 heterocycles. The fraction of sp³-hybridized carbons (Fsp3) is 0.375. The van der Waals surface area contributed by atoms with Crippen molar-refractivity contribution in [2.24, 2.45) is 17.4 Å². The van der Waals surface area contributed by atoms with E-state index in [-0.39, 0.29) is 0 Å². The molecule has 0 aliphatic heterocycles. The average Bonchev–Trinajstić information content (AvgIpc) is 2.16. The summed E-state index contributed by atoms with van der Waals surface area (Å²) in [4.78, 5) is 32.8. The van der Waals surface area contributed by atoms with Gasteiger partial charge in [-0.2, -0.15) is 0 Å². The highest BCUT2D eigenvalue weighted by molar-refractivity contribution is 6.12. The van der Waals surface area contributed by atoms with Crippen LogP contribution in [0.4, 0.5) is 0 Å². The maximum Gasteiger partial charge on any atom is 0.332 e. The van der Waals surface area contributed by atoms with Gasteiger partial charge in [0.25, 0.3) is 0 Å². The van der Waals surface area contributed by atoms with Crippen molar-refractivity contribution in [2.45, 2.75) is 0 Å². The van der Waals surface area contributed by atoms with Crippen molar-refractivity contribution >= 4 is 17.5 Å². The first-order valence-corrected chi connectivity index (χ1v) is 3.83. The van der Waals surface area contributed by atoms with Crippen LogP contribution in [0.5, 0.6) is 0 Å². The summed E-state index contributed by atoms with van der Waals surface area (Å²) >= 11 is 0. The maximum atomic E-state index is 11.1. The second-order valence-corrected chi connectivity index (χ2v) is 2.60. The van der Waals surface area contributed by atoms with E-state index >= 15 is 0 Å². The zero-order valence-electron chi connectivity index (χ0n) is 7.53. The minimum atomic E-state index is -1.41. The zero-order chi connectivity index (χ0) is 11.3.